The van der Waals surface area contributed by atoms with Crippen LogP contribution in [0.4, 0.5) is 5.95 Å². The van der Waals surface area contributed by atoms with Crippen LogP contribution >= 0.6 is 0 Å². The van der Waals surface area contributed by atoms with Crippen molar-refractivity contribution in [1.29, 1.82) is 0 Å². The Labute approximate surface area is 102 Å². The lowest BCUT2D eigenvalue weighted by atomic mass is 9.81. The van der Waals surface area contributed by atoms with Crippen molar-refractivity contribution < 1.29 is 5.11 Å². The highest BCUT2D eigenvalue weighted by Crippen LogP contribution is 2.35. The molecule has 0 spiro atoms. The van der Waals surface area contributed by atoms with Crippen LogP contribution in [0.3, 0.4) is 0 Å². The molecule has 0 aromatic carbocycles. The largest absolute Gasteiger partial charge is 0.391 e. The third kappa shape index (κ3) is 2.27. The molecule has 1 saturated heterocycles. The van der Waals surface area contributed by atoms with E-state index in [0.717, 1.165) is 25.3 Å². The first-order chi connectivity index (χ1) is 8.33. The summed E-state index contributed by atoms with van der Waals surface area (Å²) in [7, 11) is 0. The second-order valence-corrected chi connectivity index (χ2v) is 5.19. The van der Waals surface area contributed by atoms with E-state index in [1.165, 1.54) is 24.8 Å². The van der Waals surface area contributed by atoms with E-state index in [2.05, 4.69) is 14.9 Å². The molecule has 2 heterocycles. The maximum atomic E-state index is 9.63. The maximum Gasteiger partial charge on any atom is 0.225 e. The van der Waals surface area contributed by atoms with Crippen LogP contribution < -0.4 is 4.90 Å². The van der Waals surface area contributed by atoms with Gasteiger partial charge in [-0.3, -0.25) is 0 Å². The zero-order valence-corrected chi connectivity index (χ0v) is 10.0. The molecule has 1 aliphatic carbocycles. The van der Waals surface area contributed by atoms with Crippen LogP contribution in [0.2, 0.25) is 0 Å². The lowest BCUT2D eigenvalue weighted by molar-refractivity contribution is 0.153. The van der Waals surface area contributed by atoms with Crippen LogP contribution in [0, 0.1) is 0 Å². The highest BCUT2D eigenvalue weighted by molar-refractivity contribution is 5.31. The first-order valence-electron chi connectivity index (χ1n) is 6.58. The Bertz CT molecular complexity index is 375. The molecule has 0 bridgehead atoms. The topological polar surface area (TPSA) is 49.2 Å². The second kappa shape index (κ2) is 4.61. The third-order valence-electron chi connectivity index (χ3n) is 3.91. The Morgan fingerprint density at radius 2 is 1.88 bits per heavy atom. The zero-order valence-electron chi connectivity index (χ0n) is 10.0. The van der Waals surface area contributed by atoms with Crippen LogP contribution in [0.5, 0.6) is 0 Å². The smallest absolute Gasteiger partial charge is 0.225 e. The van der Waals surface area contributed by atoms with Crippen molar-refractivity contribution in [3.05, 3.63) is 18.0 Å². The fourth-order valence-corrected chi connectivity index (χ4v) is 2.58. The number of piperidine rings is 1. The normalized spacial score (nSPS) is 25.7. The van der Waals surface area contributed by atoms with E-state index in [-0.39, 0.29) is 6.10 Å². The molecule has 0 radical (unpaired) electrons. The molecule has 3 rings (SSSR count). The molecular formula is C13H19N3O. The molecule has 0 amide bonds. The zero-order chi connectivity index (χ0) is 11.7. The molecule has 1 aromatic heterocycles. The average molecular weight is 233 g/mol. The van der Waals surface area contributed by atoms with Crippen molar-refractivity contribution >= 4 is 5.95 Å². The number of nitrogens with zero attached hydrogens (tertiary/aromatic N) is 3. The summed E-state index contributed by atoms with van der Waals surface area (Å²) in [6, 6.07) is 0. The van der Waals surface area contributed by atoms with Gasteiger partial charge in [-0.1, -0.05) is 6.42 Å². The Hall–Kier alpha value is -1.16. The van der Waals surface area contributed by atoms with Crippen LogP contribution in [0.15, 0.2) is 12.4 Å². The average Bonchev–Trinajstić information content (AvgIpc) is 2.28. The highest BCUT2D eigenvalue weighted by atomic mass is 16.3. The second-order valence-electron chi connectivity index (χ2n) is 5.19. The Kier molecular flexibility index (Phi) is 2.97. The van der Waals surface area contributed by atoms with E-state index in [0.29, 0.717) is 12.5 Å². The molecule has 1 saturated carbocycles. The number of anilines is 1. The van der Waals surface area contributed by atoms with E-state index in [1.54, 1.807) is 0 Å². The summed E-state index contributed by atoms with van der Waals surface area (Å²) in [5.74, 6) is 1.46. The monoisotopic (exact) mass is 233 g/mol. The van der Waals surface area contributed by atoms with Crippen molar-refractivity contribution in [2.45, 2.75) is 44.1 Å². The third-order valence-corrected chi connectivity index (χ3v) is 3.91. The number of rotatable bonds is 2. The number of hydrogen-bond acceptors (Lipinski definition) is 4. The first kappa shape index (κ1) is 11.0. The van der Waals surface area contributed by atoms with Gasteiger partial charge in [0, 0.05) is 25.5 Å². The highest BCUT2D eigenvalue weighted by Gasteiger charge is 2.22. The van der Waals surface area contributed by atoms with Gasteiger partial charge < -0.3 is 10.0 Å². The van der Waals surface area contributed by atoms with Crippen LogP contribution in [-0.2, 0) is 0 Å². The van der Waals surface area contributed by atoms with Crippen LogP contribution in [0.25, 0.3) is 0 Å². The first-order valence-corrected chi connectivity index (χ1v) is 6.58. The molecule has 92 valence electrons. The van der Waals surface area contributed by atoms with Crippen LogP contribution in [-0.4, -0.2) is 34.3 Å². The summed E-state index contributed by atoms with van der Waals surface area (Å²) in [4.78, 5) is 11.0. The van der Waals surface area contributed by atoms with Gasteiger partial charge in [-0.2, -0.15) is 0 Å². The van der Waals surface area contributed by atoms with Crippen molar-refractivity contribution in [1.82, 2.24) is 9.97 Å². The summed E-state index contributed by atoms with van der Waals surface area (Å²) in [5, 5.41) is 9.63. The molecule has 4 heteroatoms. The molecule has 1 atom stereocenters. The maximum absolute atomic E-state index is 9.63. The SMILES string of the molecule is OC1CCCN(c2ncc(C3CCC3)cn2)C1. The van der Waals surface area contributed by atoms with Gasteiger partial charge in [-0.05, 0) is 37.2 Å². The minimum atomic E-state index is -0.223. The van der Waals surface area contributed by atoms with Gasteiger partial charge in [-0.25, -0.2) is 9.97 Å². The van der Waals surface area contributed by atoms with Gasteiger partial charge in [-0.15, -0.1) is 0 Å². The number of aliphatic hydroxyl groups is 1. The van der Waals surface area contributed by atoms with Crippen molar-refractivity contribution in [3.8, 4) is 0 Å². The van der Waals surface area contributed by atoms with Crippen molar-refractivity contribution in [2.24, 2.45) is 0 Å². The number of aromatic nitrogens is 2. The fraction of sp³-hybridized carbons (Fsp3) is 0.692. The van der Waals surface area contributed by atoms with Gasteiger partial charge in [0.1, 0.15) is 0 Å². The molecule has 4 nitrogen and oxygen atoms in total. The van der Waals surface area contributed by atoms with Crippen molar-refractivity contribution in [2.75, 3.05) is 18.0 Å². The number of aliphatic hydroxyl groups excluding tert-OH is 1. The molecular weight excluding hydrogens is 214 g/mol. The van der Waals surface area contributed by atoms with Gasteiger partial charge >= 0.3 is 0 Å². The predicted octanol–water partition coefficient (Wildman–Crippen LogP) is 1.71. The van der Waals surface area contributed by atoms with Gasteiger partial charge in [0.05, 0.1) is 6.10 Å². The number of hydrogen-bond donors (Lipinski definition) is 1. The lowest BCUT2D eigenvalue weighted by Crippen LogP contribution is -2.39. The summed E-state index contributed by atoms with van der Waals surface area (Å²) in [6.07, 6.45) is 9.53. The van der Waals surface area contributed by atoms with E-state index < -0.39 is 0 Å². The van der Waals surface area contributed by atoms with Gasteiger partial charge in [0.15, 0.2) is 0 Å². The minimum absolute atomic E-state index is 0.223. The standard InChI is InChI=1S/C13H19N3O/c17-12-5-2-6-16(9-12)13-14-7-11(8-15-13)10-3-1-4-10/h7-8,10,12,17H,1-6,9H2. The van der Waals surface area contributed by atoms with Gasteiger partial charge in [0.2, 0.25) is 5.95 Å². The van der Waals surface area contributed by atoms with Gasteiger partial charge in [0.25, 0.3) is 0 Å². The van der Waals surface area contributed by atoms with E-state index >= 15 is 0 Å². The lowest BCUT2D eigenvalue weighted by Gasteiger charge is -2.30. The molecule has 1 N–H and O–H groups in total. The Balaban J connectivity index is 1.70. The Morgan fingerprint density at radius 3 is 2.47 bits per heavy atom. The molecule has 1 aromatic rings. The molecule has 1 aliphatic heterocycles. The quantitative estimate of drug-likeness (QED) is 0.844. The van der Waals surface area contributed by atoms with Crippen molar-refractivity contribution in [3.63, 3.8) is 0 Å². The summed E-state index contributed by atoms with van der Waals surface area (Å²) >= 11 is 0. The van der Waals surface area contributed by atoms with Crippen LogP contribution in [0.1, 0.15) is 43.6 Å². The summed E-state index contributed by atoms with van der Waals surface area (Å²) < 4.78 is 0. The molecule has 1 unspecified atom stereocenters. The number of β-amino-alcohol motifs (C(OH)–C–C–N with tert-alkyl or cyclic N) is 1. The van der Waals surface area contributed by atoms with E-state index in [1.807, 2.05) is 12.4 Å². The molecule has 17 heavy (non-hydrogen) atoms. The van der Waals surface area contributed by atoms with E-state index in [4.69, 9.17) is 0 Å². The Morgan fingerprint density at radius 1 is 1.12 bits per heavy atom. The predicted molar refractivity (Wildman–Crippen MR) is 66.1 cm³/mol. The molecule has 2 fully saturated rings. The summed E-state index contributed by atoms with van der Waals surface area (Å²) in [5.41, 5.74) is 1.28. The fourth-order valence-electron chi connectivity index (χ4n) is 2.58. The van der Waals surface area contributed by atoms with E-state index in [9.17, 15) is 5.11 Å². The summed E-state index contributed by atoms with van der Waals surface area (Å²) in [6.45, 7) is 1.63. The molecule has 2 aliphatic rings. The minimum Gasteiger partial charge on any atom is -0.391 e.